The number of rotatable bonds is 4. The molecule has 24 heavy (non-hydrogen) atoms. The van der Waals surface area contributed by atoms with Crippen molar-refractivity contribution in [1.82, 2.24) is 4.57 Å². The molecule has 0 saturated carbocycles. The molecule has 0 aliphatic heterocycles. The number of nitrogen functional groups attached to an aromatic ring is 1. The standard InChI is InChI=1S/C18H17N3O3/c1-2-10-20-17(19)16(12-6-4-3-5-7-12)14-9-8-13(21(23)24)11-15(14)18(20)22/h3-9,11H,2,10,19H2,1H3. The Kier molecular flexibility index (Phi) is 4.04. The van der Waals surface area contributed by atoms with E-state index in [1.54, 1.807) is 6.07 Å². The van der Waals surface area contributed by atoms with Gasteiger partial charge in [0.15, 0.2) is 0 Å². The van der Waals surface area contributed by atoms with Gasteiger partial charge in [0, 0.05) is 24.2 Å². The third-order valence-electron chi connectivity index (χ3n) is 4.02. The predicted molar refractivity (Wildman–Crippen MR) is 95.0 cm³/mol. The van der Waals surface area contributed by atoms with Gasteiger partial charge in [0.2, 0.25) is 0 Å². The summed E-state index contributed by atoms with van der Waals surface area (Å²) in [4.78, 5) is 23.3. The average molecular weight is 323 g/mol. The van der Waals surface area contributed by atoms with Crippen molar-refractivity contribution in [1.29, 1.82) is 0 Å². The smallest absolute Gasteiger partial charge is 0.270 e. The number of aromatic nitrogens is 1. The summed E-state index contributed by atoms with van der Waals surface area (Å²) in [5.74, 6) is 0.384. The largest absolute Gasteiger partial charge is 0.384 e. The highest BCUT2D eigenvalue weighted by Crippen LogP contribution is 2.33. The van der Waals surface area contributed by atoms with E-state index in [4.69, 9.17) is 5.73 Å². The van der Waals surface area contributed by atoms with Crippen LogP contribution < -0.4 is 11.3 Å². The van der Waals surface area contributed by atoms with E-state index in [1.165, 1.54) is 16.7 Å². The van der Waals surface area contributed by atoms with Crippen LogP contribution in [-0.2, 0) is 6.54 Å². The summed E-state index contributed by atoms with van der Waals surface area (Å²) in [5, 5.41) is 12.0. The van der Waals surface area contributed by atoms with Gasteiger partial charge in [-0.05, 0) is 23.4 Å². The quantitative estimate of drug-likeness (QED) is 0.587. The van der Waals surface area contributed by atoms with Crippen LogP contribution in [0.5, 0.6) is 0 Å². The maximum absolute atomic E-state index is 12.8. The van der Waals surface area contributed by atoms with Gasteiger partial charge in [-0.3, -0.25) is 19.5 Å². The van der Waals surface area contributed by atoms with Crippen LogP contribution in [-0.4, -0.2) is 9.49 Å². The molecular weight excluding hydrogens is 306 g/mol. The lowest BCUT2D eigenvalue weighted by Gasteiger charge is -2.16. The minimum atomic E-state index is -0.498. The molecule has 1 heterocycles. The summed E-state index contributed by atoms with van der Waals surface area (Å²) in [7, 11) is 0. The van der Waals surface area contributed by atoms with Gasteiger partial charge in [-0.1, -0.05) is 37.3 Å². The second-order valence-corrected chi connectivity index (χ2v) is 5.57. The monoisotopic (exact) mass is 323 g/mol. The summed E-state index contributed by atoms with van der Waals surface area (Å²) in [5.41, 5.74) is 7.50. The Balaban J connectivity index is 2.45. The van der Waals surface area contributed by atoms with Gasteiger partial charge in [-0.2, -0.15) is 0 Å². The first-order chi connectivity index (χ1) is 11.5. The van der Waals surface area contributed by atoms with Crippen LogP contribution in [0.1, 0.15) is 13.3 Å². The second-order valence-electron chi connectivity index (χ2n) is 5.57. The molecule has 0 aliphatic carbocycles. The Hall–Kier alpha value is -3.15. The van der Waals surface area contributed by atoms with Gasteiger partial charge in [0.25, 0.3) is 11.2 Å². The van der Waals surface area contributed by atoms with E-state index in [2.05, 4.69) is 0 Å². The number of pyridine rings is 1. The molecule has 3 rings (SSSR count). The van der Waals surface area contributed by atoms with Gasteiger partial charge < -0.3 is 5.73 Å². The Bertz CT molecular complexity index is 978. The Morgan fingerprint density at radius 1 is 1.12 bits per heavy atom. The van der Waals surface area contributed by atoms with Gasteiger partial charge in [-0.25, -0.2) is 0 Å². The molecule has 6 nitrogen and oxygen atoms in total. The number of anilines is 1. The zero-order valence-electron chi connectivity index (χ0n) is 13.2. The van der Waals surface area contributed by atoms with E-state index in [1.807, 2.05) is 37.3 Å². The van der Waals surface area contributed by atoms with E-state index in [0.29, 0.717) is 23.1 Å². The van der Waals surface area contributed by atoms with Crippen LogP contribution in [0.4, 0.5) is 11.5 Å². The molecule has 0 bridgehead atoms. The highest BCUT2D eigenvalue weighted by molar-refractivity contribution is 6.01. The van der Waals surface area contributed by atoms with Crippen LogP contribution in [0, 0.1) is 10.1 Å². The Labute approximate surface area is 138 Å². The third kappa shape index (κ3) is 2.52. The molecular formula is C18H17N3O3. The van der Waals surface area contributed by atoms with E-state index < -0.39 is 4.92 Å². The number of fused-ring (bicyclic) bond motifs is 1. The number of hydrogen-bond donors (Lipinski definition) is 1. The molecule has 0 atom stereocenters. The molecule has 0 radical (unpaired) electrons. The highest BCUT2D eigenvalue weighted by Gasteiger charge is 2.18. The van der Waals surface area contributed by atoms with Crippen molar-refractivity contribution in [3.63, 3.8) is 0 Å². The average Bonchev–Trinajstić information content (AvgIpc) is 2.59. The fourth-order valence-electron chi connectivity index (χ4n) is 2.92. The van der Waals surface area contributed by atoms with E-state index in [-0.39, 0.29) is 11.2 Å². The van der Waals surface area contributed by atoms with E-state index >= 15 is 0 Å². The van der Waals surface area contributed by atoms with Crippen molar-refractivity contribution in [2.75, 3.05) is 5.73 Å². The fraction of sp³-hybridized carbons (Fsp3) is 0.167. The number of nitrogens with two attached hydrogens (primary N) is 1. The molecule has 122 valence electrons. The lowest BCUT2D eigenvalue weighted by molar-refractivity contribution is -0.384. The van der Waals surface area contributed by atoms with Crippen molar-refractivity contribution in [3.05, 3.63) is 69.0 Å². The first-order valence-corrected chi connectivity index (χ1v) is 7.70. The van der Waals surface area contributed by atoms with Gasteiger partial charge in [0.05, 0.1) is 10.3 Å². The van der Waals surface area contributed by atoms with Gasteiger partial charge in [-0.15, -0.1) is 0 Å². The van der Waals surface area contributed by atoms with Crippen LogP contribution in [0.15, 0.2) is 53.3 Å². The third-order valence-corrected chi connectivity index (χ3v) is 4.02. The second kappa shape index (κ2) is 6.16. The summed E-state index contributed by atoms with van der Waals surface area (Å²) < 4.78 is 1.49. The molecule has 6 heteroatoms. The molecule has 0 amide bonds. The molecule has 0 unspecified atom stereocenters. The van der Waals surface area contributed by atoms with Crippen molar-refractivity contribution >= 4 is 22.3 Å². The fourth-order valence-corrected chi connectivity index (χ4v) is 2.92. The van der Waals surface area contributed by atoms with Crippen molar-refractivity contribution < 1.29 is 4.92 Å². The van der Waals surface area contributed by atoms with Crippen molar-refractivity contribution in [2.45, 2.75) is 19.9 Å². The van der Waals surface area contributed by atoms with Gasteiger partial charge >= 0.3 is 0 Å². The molecule has 1 aromatic heterocycles. The van der Waals surface area contributed by atoms with Crippen LogP contribution in [0.3, 0.4) is 0 Å². The first kappa shape index (κ1) is 15.7. The first-order valence-electron chi connectivity index (χ1n) is 7.70. The van der Waals surface area contributed by atoms with E-state index in [0.717, 1.165) is 17.5 Å². The number of non-ortho nitro benzene ring substituents is 1. The molecule has 2 N–H and O–H groups in total. The number of nitro groups is 1. The number of hydrogen-bond acceptors (Lipinski definition) is 4. The molecule has 0 spiro atoms. The minimum Gasteiger partial charge on any atom is -0.384 e. The lowest BCUT2D eigenvalue weighted by atomic mass is 9.99. The summed E-state index contributed by atoms with van der Waals surface area (Å²) in [6, 6.07) is 13.8. The molecule has 0 aliphatic rings. The zero-order valence-corrected chi connectivity index (χ0v) is 13.2. The molecule has 2 aromatic carbocycles. The Morgan fingerprint density at radius 2 is 1.83 bits per heavy atom. The highest BCUT2D eigenvalue weighted by atomic mass is 16.6. The minimum absolute atomic E-state index is 0.105. The van der Waals surface area contributed by atoms with Crippen LogP contribution in [0.2, 0.25) is 0 Å². The maximum Gasteiger partial charge on any atom is 0.270 e. The normalized spacial score (nSPS) is 10.9. The molecule has 0 fully saturated rings. The maximum atomic E-state index is 12.8. The van der Waals surface area contributed by atoms with Crippen LogP contribution in [0.25, 0.3) is 21.9 Å². The lowest BCUT2D eigenvalue weighted by Crippen LogP contribution is -2.24. The number of nitro benzene ring substituents is 1. The topological polar surface area (TPSA) is 91.2 Å². The number of benzene rings is 2. The molecule has 0 saturated heterocycles. The summed E-state index contributed by atoms with van der Waals surface area (Å²) in [6.45, 7) is 2.41. The summed E-state index contributed by atoms with van der Waals surface area (Å²) in [6.07, 6.45) is 0.735. The van der Waals surface area contributed by atoms with Crippen molar-refractivity contribution in [2.24, 2.45) is 0 Å². The summed E-state index contributed by atoms with van der Waals surface area (Å²) >= 11 is 0. The zero-order chi connectivity index (χ0) is 17.3. The van der Waals surface area contributed by atoms with Gasteiger partial charge in [0.1, 0.15) is 5.82 Å². The van der Waals surface area contributed by atoms with Crippen LogP contribution >= 0.6 is 0 Å². The van der Waals surface area contributed by atoms with Crippen molar-refractivity contribution in [3.8, 4) is 11.1 Å². The predicted octanol–water partition coefficient (Wildman–Crippen LogP) is 3.57. The van der Waals surface area contributed by atoms with E-state index in [9.17, 15) is 14.9 Å². The molecule has 3 aromatic rings. The SMILES string of the molecule is CCCn1c(N)c(-c2ccccc2)c2ccc([N+](=O)[O-])cc2c1=O. The Morgan fingerprint density at radius 3 is 2.46 bits per heavy atom. The number of nitrogens with zero attached hydrogens (tertiary/aromatic N) is 2.